The Morgan fingerprint density at radius 3 is 2.84 bits per heavy atom. The SMILES string of the molecule is Cc1[nH]c2ccccc2c1NC(=O)CCC1(C)CC1. The number of para-hydroxylation sites is 1. The molecule has 0 unspecified atom stereocenters. The van der Waals surface area contributed by atoms with Gasteiger partial charge in [-0.2, -0.15) is 0 Å². The number of carbonyl (C=O) groups is 1. The van der Waals surface area contributed by atoms with Crippen molar-refractivity contribution in [3.8, 4) is 0 Å². The summed E-state index contributed by atoms with van der Waals surface area (Å²) in [5.74, 6) is 0.126. The molecule has 1 aliphatic rings. The molecular formula is C16H20N2O. The van der Waals surface area contributed by atoms with Crippen LogP contribution >= 0.6 is 0 Å². The van der Waals surface area contributed by atoms with Crippen molar-refractivity contribution < 1.29 is 4.79 Å². The fraction of sp³-hybridized carbons (Fsp3) is 0.438. The van der Waals surface area contributed by atoms with Crippen LogP contribution in [-0.4, -0.2) is 10.9 Å². The molecule has 1 heterocycles. The van der Waals surface area contributed by atoms with E-state index < -0.39 is 0 Å². The fourth-order valence-electron chi connectivity index (χ4n) is 2.52. The van der Waals surface area contributed by atoms with Gasteiger partial charge in [-0.15, -0.1) is 0 Å². The maximum absolute atomic E-state index is 12.1. The molecule has 3 heteroatoms. The number of hydrogen-bond donors (Lipinski definition) is 2. The van der Waals surface area contributed by atoms with Crippen molar-refractivity contribution in [2.24, 2.45) is 5.41 Å². The Morgan fingerprint density at radius 1 is 1.37 bits per heavy atom. The Morgan fingerprint density at radius 2 is 2.11 bits per heavy atom. The van der Waals surface area contributed by atoms with Crippen molar-refractivity contribution in [2.45, 2.75) is 39.5 Å². The Balaban J connectivity index is 1.73. The van der Waals surface area contributed by atoms with Crippen LogP contribution < -0.4 is 5.32 Å². The van der Waals surface area contributed by atoms with Crippen LogP contribution in [0.3, 0.4) is 0 Å². The third-order valence-electron chi connectivity index (χ3n) is 4.22. The highest BCUT2D eigenvalue weighted by Crippen LogP contribution is 2.48. The molecule has 0 spiro atoms. The zero-order chi connectivity index (χ0) is 13.5. The molecule has 1 aliphatic carbocycles. The van der Waals surface area contributed by atoms with Gasteiger partial charge in [-0.1, -0.05) is 25.1 Å². The first-order valence-electron chi connectivity index (χ1n) is 6.95. The quantitative estimate of drug-likeness (QED) is 0.853. The van der Waals surface area contributed by atoms with E-state index in [1.54, 1.807) is 0 Å². The highest BCUT2D eigenvalue weighted by molar-refractivity contribution is 6.02. The lowest BCUT2D eigenvalue weighted by Crippen LogP contribution is -2.13. The van der Waals surface area contributed by atoms with Crippen LogP contribution in [0.1, 0.15) is 38.3 Å². The molecule has 1 saturated carbocycles. The van der Waals surface area contributed by atoms with Crippen molar-refractivity contribution in [3.63, 3.8) is 0 Å². The average molecular weight is 256 g/mol. The molecule has 3 nitrogen and oxygen atoms in total. The zero-order valence-electron chi connectivity index (χ0n) is 11.5. The fourth-order valence-corrected chi connectivity index (χ4v) is 2.52. The third-order valence-corrected chi connectivity index (χ3v) is 4.22. The Labute approximate surface area is 113 Å². The summed E-state index contributed by atoms with van der Waals surface area (Å²) in [6.07, 6.45) is 4.16. The van der Waals surface area contributed by atoms with Crippen LogP contribution in [-0.2, 0) is 4.79 Å². The lowest BCUT2D eigenvalue weighted by Gasteiger charge is -2.08. The molecule has 3 rings (SSSR count). The molecular weight excluding hydrogens is 236 g/mol. The van der Waals surface area contributed by atoms with E-state index in [9.17, 15) is 4.79 Å². The first kappa shape index (κ1) is 12.3. The summed E-state index contributed by atoms with van der Waals surface area (Å²) in [5, 5.41) is 4.15. The standard InChI is InChI=1S/C16H20N2O/c1-11-15(12-5-3-4-6-13(12)17-11)18-14(19)7-8-16(2)9-10-16/h3-6,17H,7-10H2,1-2H3,(H,18,19). The number of H-pyrrole nitrogens is 1. The van der Waals surface area contributed by atoms with E-state index in [0.29, 0.717) is 11.8 Å². The molecule has 100 valence electrons. The van der Waals surface area contributed by atoms with Gasteiger partial charge in [-0.3, -0.25) is 4.79 Å². The molecule has 0 aliphatic heterocycles. The zero-order valence-corrected chi connectivity index (χ0v) is 11.5. The number of nitrogens with one attached hydrogen (secondary N) is 2. The summed E-state index contributed by atoms with van der Waals surface area (Å²) < 4.78 is 0. The maximum atomic E-state index is 12.1. The number of benzene rings is 1. The summed E-state index contributed by atoms with van der Waals surface area (Å²) in [7, 11) is 0. The number of amides is 1. The summed E-state index contributed by atoms with van der Waals surface area (Å²) in [6.45, 7) is 4.26. The molecule has 0 atom stereocenters. The predicted octanol–water partition coefficient (Wildman–Crippen LogP) is 4.00. The van der Waals surface area contributed by atoms with Crippen molar-refractivity contribution >= 4 is 22.5 Å². The van der Waals surface area contributed by atoms with E-state index in [4.69, 9.17) is 0 Å². The highest BCUT2D eigenvalue weighted by Gasteiger charge is 2.36. The number of rotatable bonds is 4. The monoisotopic (exact) mass is 256 g/mol. The van der Waals surface area contributed by atoms with E-state index in [-0.39, 0.29) is 5.91 Å². The van der Waals surface area contributed by atoms with Crippen LogP contribution in [0.15, 0.2) is 24.3 Å². The topological polar surface area (TPSA) is 44.9 Å². The highest BCUT2D eigenvalue weighted by atomic mass is 16.1. The minimum absolute atomic E-state index is 0.126. The number of anilines is 1. The molecule has 1 fully saturated rings. The van der Waals surface area contributed by atoms with Crippen LogP contribution in [0.5, 0.6) is 0 Å². The molecule has 0 saturated heterocycles. The molecule has 1 amide bonds. The van der Waals surface area contributed by atoms with Gasteiger partial charge in [0.15, 0.2) is 0 Å². The molecule has 2 N–H and O–H groups in total. The molecule has 1 aromatic heterocycles. The van der Waals surface area contributed by atoms with Gasteiger partial charge in [0.2, 0.25) is 5.91 Å². The number of carbonyl (C=O) groups excluding carboxylic acids is 1. The lowest BCUT2D eigenvalue weighted by molar-refractivity contribution is -0.116. The lowest BCUT2D eigenvalue weighted by atomic mass is 10.0. The minimum Gasteiger partial charge on any atom is -0.357 e. The Kier molecular flexibility index (Phi) is 2.85. The minimum atomic E-state index is 0.126. The Hall–Kier alpha value is -1.77. The van der Waals surface area contributed by atoms with Gasteiger partial charge in [0.25, 0.3) is 0 Å². The van der Waals surface area contributed by atoms with Gasteiger partial charge in [0.1, 0.15) is 0 Å². The summed E-state index contributed by atoms with van der Waals surface area (Å²) in [6, 6.07) is 8.06. The van der Waals surface area contributed by atoms with Gasteiger partial charge in [0, 0.05) is 23.0 Å². The van der Waals surface area contributed by atoms with Crippen molar-refractivity contribution in [3.05, 3.63) is 30.0 Å². The number of hydrogen-bond acceptors (Lipinski definition) is 1. The van der Waals surface area contributed by atoms with Gasteiger partial charge in [-0.25, -0.2) is 0 Å². The number of fused-ring (bicyclic) bond motifs is 1. The second kappa shape index (κ2) is 4.41. The molecule has 1 aromatic carbocycles. The predicted molar refractivity (Wildman–Crippen MR) is 78.2 cm³/mol. The van der Waals surface area contributed by atoms with E-state index >= 15 is 0 Å². The van der Waals surface area contributed by atoms with Crippen molar-refractivity contribution in [2.75, 3.05) is 5.32 Å². The summed E-state index contributed by atoms with van der Waals surface area (Å²) in [4.78, 5) is 15.4. The van der Waals surface area contributed by atoms with Crippen LogP contribution in [0.4, 0.5) is 5.69 Å². The largest absolute Gasteiger partial charge is 0.357 e. The summed E-state index contributed by atoms with van der Waals surface area (Å²) in [5.41, 5.74) is 3.46. The maximum Gasteiger partial charge on any atom is 0.224 e. The second-order valence-electron chi connectivity index (χ2n) is 6.03. The molecule has 19 heavy (non-hydrogen) atoms. The normalized spacial score (nSPS) is 16.5. The van der Waals surface area contributed by atoms with Crippen LogP contribution in [0, 0.1) is 12.3 Å². The number of aromatic nitrogens is 1. The third kappa shape index (κ3) is 2.50. The molecule has 2 aromatic rings. The van der Waals surface area contributed by atoms with Gasteiger partial charge in [-0.05, 0) is 37.7 Å². The van der Waals surface area contributed by atoms with Gasteiger partial charge >= 0.3 is 0 Å². The molecule has 0 radical (unpaired) electrons. The molecule has 0 bridgehead atoms. The average Bonchev–Trinajstić information content (AvgIpc) is 3.05. The summed E-state index contributed by atoms with van der Waals surface area (Å²) >= 11 is 0. The van der Waals surface area contributed by atoms with Gasteiger partial charge < -0.3 is 10.3 Å². The van der Waals surface area contributed by atoms with Crippen LogP contribution in [0.25, 0.3) is 10.9 Å². The first-order valence-corrected chi connectivity index (χ1v) is 6.95. The number of aryl methyl sites for hydroxylation is 1. The smallest absolute Gasteiger partial charge is 0.224 e. The number of aromatic amines is 1. The second-order valence-corrected chi connectivity index (χ2v) is 6.03. The van der Waals surface area contributed by atoms with E-state index in [1.807, 2.05) is 31.2 Å². The van der Waals surface area contributed by atoms with E-state index in [1.165, 1.54) is 12.8 Å². The van der Waals surface area contributed by atoms with Crippen molar-refractivity contribution in [1.82, 2.24) is 4.98 Å². The first-order chi connectivity index (χ1) is 9.07. The van der Waals surface area contributed by atoms with E-state index in [0.717, 1.165) is 28.7 Å². The van der Waals surface area contributed by atoms with E-state index in [2.05, 4.69) is 17.2 Å². The van der Waals surface area contributed by atoms with Gasteiger partial charge in [0.05, 0.1) is 5.69 Å². The van der Waals surface area contributed by atoms with Crippen molar-refractivity contribution in [1.29, 1.82) is 0 Å². The van der Waals surface area contributed by atoms with Crippen LogP contribution in [0.2, 0.25) is 0 Å². The Bertz CT molecular complexity index is 623.